The maximum absolute atomic E-state index is 12.0. The molecular formula is C16H20ClNO2. The lowest BCUT2D eigenvalue weighted by atomic mass is 9.86. The maximum atomic E-state index is 12.0. The number of benzene rings is 1. The van der Waals surface area contributed by atoms with Crippen molar-refractivity contribution in [1.82, 2.24) is 4.90 Å². The summed E-state index contributed by atoms with van der Waals surface area (Å²) in [7, 11) is 1.83. The summed E-state index contributed by atoms with van der Waals surface area (Å²) in [5.41, 5.74) is 1.11. The van der Waals surface area contributed by atoms with E-state index in [1.54, 1.807) is 4.90 Å². The molecule has 0 aliphatic carbocycles. The van der Waals surface area contributed by atoms with Gasteiger partial charge in [-0.3, -0.25) is 4.79 Å². The quantitative estimate of drug-likeness (QED) is 0.796. The number of carbonyl (C=O) groups is 1. The van der Waals surface area contributed by atoms with Gasteiger partial charge < -0.3 is 9.64 Å². The molecule has 20 heavy (non-hydrogen) atoms. The first-order chi connectivity index (χ1) is 9.63. The summed E-state index contributed by atoms with van der Waals surface area (Å²) in [5, 5.41) is 0.706. The van der Waals surface area contributed by atoms with Crippen LogP contribution >= 0.6 is 11.6 Å². The third kappa shape index (κ3) is 3.41. The summed E-state index contributed by atoms with van der Waals surface area (Å²) >= 11 is 5.95. The number of likely N-dealkylation sites (N-methyl/N-ethyl adjacent to an activating group) is 1. The Hall–Kier alpha value is -1.32. The molecule has 1 heterocycles. The van der Waals surface area contributed by atoms with Crippen molar-refractivity contribution in [1.29, 1.82) is 0 Å². The molecule has 1 atom stereocenters. The fourth-order valence-electron chi connectivity index (χ4n) is 2.78. The van der Waals surface area contributed by atoms with Crippen molar-refractivity contribution in [3.63, 3.8) is 0 Å². The molecule has 3 nitrogen and oxygen atoms in total. The van der Waals surface area contributed by atoms with E-state index >= 15 is 0 Å². The molecule has 0 N–H and O–H groups in total. The zero-order valence-electron chi connectivity index (χ0n) is 11.7. The van der Waals surface area contributed by atoms with Gasteiger partial charge in [-0.1, -0.05) is 30.3 Å². The minimum absolute atomic E-state index is 0.0432. The van der Waals surface area contributed by atoms with Crippen molar-refractivity contribution in [2.75, 3.05) is 20.3 Å². The fourth-order valence-corrected chi connectivity index (χ4v) is 2.91. The van der Waals surface area contributed by atoms with Crippen LogP contribution in [-0.4, -0.2) is 31.1 Å². The number of ether oxygens (including phenoxy) is 1. The van der Waals surface area contributed by atoms with E-state index in [-0.39, 0.29) is 11.9 Å². The first-order valence-corrected chi connectivity index (χ1v) is 7.23. The molecule has 1 aromatic carbocycles. The van der Waals surface area contributed by atoms with Crippen molar-refractivity contribution >= 4 is 17.5 Å². The highest BCUT2D eigenvalue weighted by atomic mass is 35.5. The van der Waals surface area contributed by atoms with Crippen LogP contribution in [0.4, 0.5) is 0 Å². The highest BCUT2D eigenvalue weighted by Gasteiger charge is 2.30. The second kappa shape index (κ2) is 6.91. The molecule has 4 heteroatoms. The molecular weight excluding hydrogens is 274 g/mol. The van der Waals surface area contributed by atoms with E-state index < -0.39 is 0 Å². The Kier molecular flexibility index (Phi) is 5.21. The van der Waals surface area contributed by atoms with Crippen LogP contribution in [0.25, 0.3) is 0 Å². The first-order valence-electron chi connectivity index (χ1n) is 6.86. The lowest BCUT2D eigenvalue weighted by Gasteiger charge is -2.36. The molecule has 0 bridgehead atoms. The normalized spacial score (nSPS) is 17.5. The van der Waals surface area contributed by atoms with Crippen molar-refractivity contribution < 1.29 is 9.53 Å². The van der Waals surface area contributed by atoms with Gasteiger partial charge in [-0.2, -0.15) is 0 Å². The second-order valence-electron chi connectivity index (χ2n) is 5.10. The van der Waals surface area contributed by atoms with Crippen LogP contribution in [0.3, 0.4) is 0 Å². The molecule has 108 valence electrons. The number of hydrogen-bond donors (Lipinski definition) is 0. The van der Waals surface area contributed by atoms with E-state index in [9.17, 15) is 4.79 Å². The number of amides is 1. The number of hydrogen-bond acceptors (Lipinski definition) is 2. The molecule has 0 saturated carbocycles. The lowest BCUT2D eigenvalue weighted by Crippen LogP contribution is -2.36. The number of halogens is 1. The molecule has 1 amide bonds. The minimum atomic E-state index is -0.0589. The van der Waals surface area contributed by atoms with E-state index in [2.05, 4.69) is 6.58 Å². The molecule has 1 fully saturated rings. The highest BCUT2D eigenvalue weighted by Crippen LogP contribution is 2.35. The molecule has 0 aromatic heterocycles. The fraction of sp³-hybridized carbons (Fsp3) is 0.438. The van der Waals surface area contributed by atoms with Crippen LogP contribution in [0.15, 0.2) is 36.9 Å². The summed E-state index contributed by atoms with van der Waals surface area (Å²) in [5.74, 6) is 0.343. The average Bonchev–Trinajstić information content (AvgIpc) is 2.49. The summed E-state index contributed by atoms with van der Waals surface area (Å²) in [4.78, 5) is 13.8. The minimum Gasteiger partial charge on any atom is -0.381 e. The summed E-state index contributed by atoms with van der Waals surface area (Å²) < 4.78 is 5.43. The Labute approximate surface area is 125 Å². The van der Waals surface area contributed by atoms with Gasteiger partial charge in [-0.05, 0) is 42.5 Å². The van der Waals surface area contributed by atoms with Gasteiger partial charge in [0.1, 0.15) is 0 Å². The summed E-state index contributed by atoms with van der Waals surface area (Å²) in [6.45, 7) is 5.09. The summed E-state index contributed by atoms with van der Waals surface area (Å²) in [6.07, 6.45) is 3.28. The van der Waals surface area contributed by atoms with Crippen LogP contribution < -0.4 is 0 Å². The van der Waals surface area contributed by atoms with Gasteiger partial charge in [-0.25, -0.2) is 0 Å². The number of carbonyl (C=O) groups excluding carboxylic acids is 1. The third-order valence-corrected chi connectivity index (χ3v) is 4.12. The van der Waals surface area contributed by atoms with Crippen molar-refractivity contribution in [3.05, 3.63) is 47.5 Å². The Bertz CT molecular complexity index is 466. The van der Waals surface area contributed by atoms with E-state index in [4.69, 9.17) is 16.3 Å². The van der Waals surface area contributed by atoms with E-state index in [0.29, 0.717) is 10.9 Å². The Morgan fingerprint density at radius 3 is 2.55 bits per heavy atom. The summed E-state index contributed by atoms with van der Waals surface area (Å²) in [6, 6.07) is 7.77. The number of rotatable bonds is 4. The van der Waals surface area contributed by atoms with Crippen molar-refractivity contribution in [2.24, 2.45) is 5.92 Å². The predicted octanol–water partition coefficient (Wildman–Crippen LogP) is 3.45. The third-order valence-electron chi connectivity index (χ3n) is 3.86. The van der Waals surface area contributed by atoms with E-state index in [1.165, 1.54) is 6.08 Å². The zero-order valence-corrected chi connectivity index (χ0v) is 12.5. The van der Waals surface area contributed by atoms with Crippen LogP contribution in [-0.2, 0) is 9.53 Å². The maximum Gasteiger partial charge on any atom is 0.246 e. The topological polar surface area (TPSA) is 29.5 Å². The highest BCUT2D eigenvalue weighted by molar-refractivity contribution is 6.30. The van der Waals surface area contributed by atoms with Crippen LogP contribution in [0.1, 0.15) is 24.4 Å². The van der Waals surface area contributed by atoms with Crippen LogP contribution in [0.2, 0.25) is 5.02 Å². The SMILES string of the molecule is C=CC(=O)N(C)[C@@H](c1ccc(Cl)cc1)C1CCOCC1. The second-order valence-corrected chi connectivity index (χ2v) is 5.54. The smallest absolute Gasteiger partial charge is 0.246 e. The molecule has 1 aliphatic rings. The lowest BCUT2D eigenvalue weighted by molar-refractivity contribution is -0.128. The van der Waals surface area contributed by atoms with E-state index in [0.717, 1.165) is 31.6 Å². The molecule has 0 radical (unpaired) electrons. The first kappa shape index (κ1) is 15.1. The van der Waals surface area contributed by atoms with Crippen LogP contribution in [0, 0.1) is 5.92 Å². The Morgan fingerprint density at radius 1 is 1.40 bits per heavy atom. The van der Waals surface area contributed by atoms with Crippen molar-refractivity contribution in [2.45, 2.75) is 18.9 Å². The molecule has 0 unspecified atom stereocenters. The average molecular weight is 294 g/mol. The standard InChI is InChI=1S/C16H20ClNO2/c1-3-15(19)18(2)16(13-8-10-20-11-9-13)12-4-6-14(17)7-5-12/h3-7,13,16H,1,8-11H2,2H3/t16-/m0/s1. The molecule has 1 aromatic rings. The Balaban J connectivity index is 2.29. The number of nitrogens with zero attached hydrogens (tertiary/aromatic N) is 1. The van der Waals surface area contributed by atoms with Gasteiger partial charge >= 0.3 is 0 Å². The van der Waals surface area contributed by atoms with Gasteiger partial charge in [0.05, 0.1) is 6.04 Å². The van der Waals surface area contributed by atoms with Gasteiger partial charge in [0.15, 0.2) is 0 Å². The van der Waals surface area contributed by atoms with Crippen molar-refractivity contribution in [3.8, 4) is 0 Å². The molecule has 2 rings (SSSR count). The van der Waals surface area contributed by atoms with E-state index in [1.807, 2.05) is 31.3 Å². The largest absolute Gasteiger partial charge is 0.381 e. The zero-order chi connectivity index (χ0) is 14.5. The van der Waals surface area contributed by atoms with Gasteiger partial charge in [-0.15, -0.1) is 0 Å². The van der Waals surface area contributed by atoms with Gasteiger partial charge in [0.25, 0.3) is 0 Å². The molecule has 1 aliphatic heterocycles. The monoisotopic (exact) mass is 293 g/mol. The Morgan fingerprint density at radius 2 is 2.00 bits per heavy atom. The van der Waals surface area contributed by atoms with Gasteiger partial charge in [0, 0.05) is 25.3 Å². The molecule has 1 saturated heterocycles. The molecule has 0 spiro atoms. The predicted molar refractivity (Wildman–Crippen MR) is 80.7 cm³/mol. The van der Waals surface area contributed by atoms with Gasteiger partial charge in [0.2, 0.25) is 5.91 Å². The van der Waals surface area contributed by atoms with Crippen LogP contribution in [0.5, 0.6) is 0 Å².